The van der Waals surface area contributed by atoms with Crippen LogP contribution >= 0.6 is 23.1 Å². The third-order valence-electron chi connectivity index (χ3n) is 2.87. The van der Waals surface area contributed by atoms with E-state index in [9.17, 15) is 0 Å². The topological polar surface area (TPSA) is 42.2 Å². The number of aromatic nitrogens is 2. The van der Waals surface area contributed by atoms with Crippen LogP contribution in [0.3, 0.4) is 0 Å². The number of thiophene rings is 1. The Morgan fingerprint density at radius 1 is 1.28 bits per heavy atom. The van der Waals surface area contributed by atoms with E-state index in [4.69, 9.17) is 4.42 Å². The number of rotatable bonds is 3. The van der Waals surface area contributed by atoms with E-state index in [2.05, 4.69) is 15.1 Å². The lowest BCUT2D eigenvalue weighted by atomic mass is 10.4. The van der Waals surface area contributed by atoms with Crippen LogP contribution < -0.4 is 0 Å². The first-order valence-corrected chi connectivity index (χ1v) is 8.11. The summed E-state index contributed by atoms with van der Waals surface area (Å²) in [6.45, 7) is 3.02. The lowest BCUT2D eigenvalue weighted by Crippen LogP contribution is -2.25. The highest BCUT2D eigenvalue weighted by molar-refractivity contribution is 7.99. The summed E-state index contributed by atoms with van der Waals surface area (Å²) in [5, 5.41) is 10.3. The Kier molecular flexibility index (Phi) is 3.97. The van der Waals surface area contributed by atoms with Crippen molar-refractivity contribution in [1.82, 2.24) is 15.1 Å². The Morgan fingerprint density at radius 2 is 2.28 bits per heavy atom. The standard InChI is InChI=1S/C12H15N3OS2/c1-3-10(18-7-1)12-14-13-11(16-12)9-15-4-2-6-17-8-5-15/h1,3,7H,2,4-6,8-9H2. The average Bonchev–Trinajstić information content (AvgIpc) is 2.98. The van der Waals surface area contributed by atoms with Crippen LogP contribution in [0.5, 0.6) is 0 Å². The highest BCUT2D eigenvalue weighted by Gasteiger charge is 2.14. The molecule has 3 rings (SSSR count). The maximum Gasteiger partial charge on any atom is 0.257 e. The van der Waals surface area contributed by atoms with Crippen LogP contribution in [0.1, 0.15) is 12.3 Å². The molecule has 0 aliphatic carbocycles. The van der Waals surface area contributed by atoms with Crippen LogP contribution in [0, 0.1) is 0 Å². The van der Waals surface area contributed by atoms with Crippen molar-refractivity contribution in [3.8, 4) is 10.8 Å². The second kappa shape index (κ2) is 5.86. The molecule has 0 radical (unpaired) electrons. The van der Waals surface area contributed by atoms with Gasteiger partial charge in [0.05, 0.1) is 11.4 Å². The predicted molar refractivity (Wildman–Crippen MR) is 74.8 cm³/mol. The van der Waals surface area contributed by atoms with Crippen LogP contribution in [-0.2, 0) is 6.54 Å². The fourth-order valence-corrected chi connectivity index (χ4v) is 3.53. The van der Waals surface area contributed by atoms with Crippen LogP contribution in [0.2, 0.25) is 0 Å². The number of hydrogen-bond acceptors (Lipinski definition) is 6. The molecule has 0 unspecified atom stereocenters. The van der Waals surface area contributed by atoms with Crippen molar-refractivity contribution in [2.75, 3.05) is 24.6 Å². The Hall–Kier alpha value is -0.850. The highest BCUT2D eigenvalue weighted by Crippen LogP contribution is 2.23. The van der Waals surface area contributed by atoms with Gasteiger partial charge in [-0.05, 0) is 30.2 Å². The molecule has 96 valence electrons. The molecule has 0 aromatic carbocycles. The normalized spacial score (nSPS) is 17.8. The molecule has 18 heavy (non-hydrogen) atoms. The van der Waals surface area contributed by atoms with Crippen molar-refractivity contribution in [3.05, 3.63) is 23.4 Å². The fraction of sp³-hybridized carbons (Fsp3) is 0.500. The quantitative estimate of drug-likeness (QED) is 0.865. The van der Waals surface area contributed by atoms with Crippen LogP contribution in [-0.4, -0.2) is 39.7 Å². The molecule has 1 aliphatic heterocycles. The third kappa shape index (κ3) is 2.93. The van der Waals surface area contributed by atoms with Crippen molar-refractivity contribution in [3.63, 3.8) is 0 Å². The summed E-state index contributed by atoms with van der Waals surface area (Å²) in [6, 6.07) is 4.00. The molecule has 3 heterocycles. The molecule has 0 saturated carbocycles. The summed E-state index contributed by atoms with van der Waals surface area (Å²) in [6.07, 6.45) is 1.25. The molecule has 0 spiro atoms. The largest absolute Gasteiger partial charge is 0.419 e. The first kappa shape index (κ1) is 12.2. The zero-order valence-electron chi connectivity index (χ0n) is 10.0. The van der Waals surface area contributed by atoms with Crippen molar-refractivity contribution in [2.24, 2.45) is 0 Å². The van der Waals surface area contributed by atoms with Gasteiger partial charge in [-0.25, -0.2) is 0 Å². The zero-order valence-corrected chi connectivity index (χ0v) is 11.7. The summed E-state index contributed by atoms with van der Waals surface area (Å²) >= 11 is 3.65. The van der Waals surface area contributed by atoms with E-state index in [0.717, 1.165) is 30.4 Å². The maximum absolute atomic E-state index is 5.71. The molecular weight excluding hydrogens is 266 g/mol. The van der Waals surface area contributed by atoms with Gasteiger partial charge in [0.25, 0.3) is 5.89 Å². The Morgan fingerprint density at radius 3 is 3.17 bits per heavy atom. The van der Waals surface area contributed by atoms with E-state index in [0.29, 0.717) is 5.89 Å². The van der Waals surface area contributed by atoms with Crippen molar-refractivity contribution in [1.29, 1.82) is 0 Å². The summed E-state index contributed by atoms with van der Waals surface area (Å²) in [7, 11) is 0. The minimum atomic E-state index is 0.643. The molecule has 2 aromatic heterocycles. The second-order valence-corrected chi connectivity index (χ2v) is 6.39. The molecule has 4 nitrogen and oxygen atoms in total. The van der Waals surface area contributed by atoms with E-state index < -0.39 is 0 Å². The van der Waals surface area contributed by atoms with Gasteiger partial charge >= 0.3 is 0 Å². The summed E-state index contributed by atoms with van der Waals surface area (Å²) < 4.78 is 5.71. The van der Waals surface area contributed by atoms with Gasteiger partial charge in [0.2, 0.25) is 5.89 Å². The van der Waals surface area contributed by atoms with E-state index in [-0.39, 0.29) is 0 Å². The molecule has 0 N–H and O–H groups in total. The molecule has 6 heteroatoms. The molecule has 2 aromatic rings. The van der Waals surface area contributed by atoms with Gasteiger partial charge in [-0.1, -0.05) is 6.07 Å². The van der Waals surface area contributed by atoms with Gasteiger partial charge in [0.1, 0.15) is 0 Å². The second-order valence-electron chi connectivity index (χ2n) is 4.22. The molecule has 1 fully saturated rings. The summed E-state index contributed by atoms with van der Waals surface area (Å²) in [4.78, 5) is 3.44. The minimum Gasteiger partial charge on any atom is -0.419 e. The molecule has 0 bridgehead atoms. The van der Waals surface area contributed by atoms with Gasteiger partial charge in [-0.15, -0.1) is 21.5 Å². The van der Waals surface area contributed by atoms with Gasteiger partial charge in [0.15, 0.2) is 0 Å². The van der Waals surface area contributed by atoms with E-state index >= 15 is 0 Å². The monoisotopic (exact) mass is 281 g/mol. The fourth-order valence-electron chi connectivity index (χ4n) is 1.96. The van der Waals surface area contributed by atoms with Gasteiger partial charge in [-0.2, -0.15) is 11.8 Å². The maximum atomic E-state index is 5.71. The zero-order chi connectivity index (χ0) is 12.2. The molecule has 1 aliphatic rings. The first-order valence-electron chi connectivity index (χ1n) is 6.08. The van der Waals surface area contributed by atoms with Crippen LogP contribution in [0.25, 0.3) is 10.8 Å². The first-order chi connectivity index (χ1) is 8.92. The smallest absolute Gasteiger partial charge is 0.257 e. The van der Waals surface area contributed by atoms with Gasteiger partial charge < -0.3 is 4.42 Å². The highest BCUT2D eigenvalue weighted by atomic mass is 32.2. The molecular formula is C12H15N3OS2. The molecule has 1 saturated heterocycles. The predicted octanol–water partition coefficient (Wildman–Crippen LogP) is 2.74. The van der Waals surface area contributed by atoms with Crippen molar-refractivity contribution in [2.45, 2.75) is 13.0 Å². The van der Waals surface area contributed by atoms with Gasteiger partial charge in [0, 0.05) is 12.3 Å². The van der Waals surface area contributed by atoms with Crippen LogP contribution in [0.4, 0.5) is 0 Å². The number of hydrogen-bond donors (Lipinski definition) is 0. The van der Waals surface area contributed by atoms with Crippen molar-refractivity contribution < 1.29 is 4.42 Å². The lowest BCUT2D eigenvalue weighted by Gasteiger charge is -2.16. The minimum absolute atomic E-state index is 0.643. The summed E-state index contributed by atoms with van der Waals surface area (Å²) in [5.74, 6) is 3.83. The lowest BCUT2D eigenvalue weighted by molar-refractivity contribution is 0.258. The van der Waals surface area contributed by atoms with E-state index in [1.807, 2.05) is 29.3 Å². The SMILES string of the molecule is c1csc(-c2nnc(CN3CCCSCC3)o2)c1. The van der Waals surface area contributed by atoms with Crippen LogP contribution in [0.15, 0.2) is 21.9 Å². The average molecular weight is 281 g/mol. The Labute approximate surface area is 114 Å². The van der Waals surface area contributed by atoms with E-state index in [1.54, 1.807) is 11.3 Å². The van der Waals surface area contributed by atoms with E-state index in [1.165, 1.54) is 17.9 Å². The third-order valence-corrected chi connectivity index (χ3v) is 4.78. The molecule has 0 atom stereocenters. The number of thioether (sulfide) groups is 1. The molecule has 0 amide bonds. The number of nitrogens with zero attached hydrogens (tertiary/aromatic N) is 3. The Bertz CT molecular complexity index is 475. The Balaban J connectivity index is 1.66. The summed E-state index contributed by atoms with van der Waals surface area (Å²) in [5.41, 5.74) is 0. The van der Waals surface area contributed by atoms with Crippen molar-refractivity contribution >= 4 is 23.1 Å². The van der Waals surface area contributed by atoms with Gasteiger partial charge in [-0.3, -0.25) is 4.90 Å².